The fraction of sp³-hybridized carbons (Fsp3) is 1.00. The van der Waals surface area contributed by atoms with E-state index in [9.17, 15) is 12.8 Å². The van der Waals surface area contributed by atoms with E-state index in [1.165, 1.54) is 0 Å². The van der Waals surface area contributed by atoms with Crippen LogP contribution < -0.4 is 0 Å². The summed E-state index contributed by atoms with van der Waals surface area (Å²) in [7, 11) is -4.57. The first-order valence-electron chi connectivity index (χ1n) is 4.99. The number of alkyl halides is 1. The van der Waals surface area contributed by atoms with Gasteiger partial charge in [0, 0.05) is 6.42 Å². The molecule has 0 aliphatic heterocycles. The average Bonchev–Trinajstić information content (AvgIpc) is 2.03. The molecule has 1 saturated carbocycles. The summed E-state index contributed by atoms with van der Waals surface area (Å²) in [4.78, 5) is 0. The molecule has 0 spiro atoms. The summed E-state index contributed by atoms with van der Waals surface area (Å²) < 4.78 is 43.6. The van der Waals surface area contributed by atoms with E-state index in [2.05, 4.69) is 0 Å². The van der Waals surface area contributed by atoms with Gasteiger partial charge in [0.25, 0.3) is 10.1 Å². The van der Waals surface area contributed by atoms with Gasteiger partial charge in [-0.25, -0.2) is 4.39 Å². The molecule has 1 fully saturated rings. The van der Waals surface area contributed by atoms with Crippen molar-refractivity contribution < 1.29 is 17.4 Å². The zero-order valence-electron chi connectivity index (χ0n) is 8.37. The zero-order valence-corrected chi connectivity index (χ0v) is 9.19. The van der Waals surface area contributed by atoms with Gasteiger partial charge in [0.15, 0.2) is 0 Å². The Kier molecular flexibility index (Phi) is 3.53. The molecule has 1 rings (SSSR count). The predicted octanol–water partition coefficient (Wildman–Crippen LogP) is 2.53. The Morgan fingerprint density at radius 2 is 1.86 bits per heavy atom. The Morgan fingerprint density at radius 1 is 1.36 bits per heavy atom. The van der Waals surface area contributed by atoms with Gasteiger partial charge in [-0.15, -0.1) is 0 Å². The molecule has 3 nitrogen and oxygen atoms in total. The van der Waals surface area contributed by atoms with E-state index in [4.69, 9.17) is 4.55 Å². The van der Waals surface area contributed by atoms with Gasteiger partial charge in [-0.1, -0.05) is 32.1 Å². The summed E-state index contributed by atoms with van der Waals surface area (Å²) in [6.07, 6.45) is 4.87. The van der Waals surface area contributed by atoms with Gasteiger partial charge in [0.05, 0.1) is 0 Å². The fourth-order valence-electron chi connectivity index (χ4n) is 2.01. The molecule has 1 atom stereocenters. The largest absolute Gasteiger partial charge is 0.300 e. The van der Waals surface area contributed by atoms with Gasteiger partial charge in [-0.05, 0) is 12.8 Å². The summed E-state index contributed by atoms with van der Waals surface area (Å²) >= 11 is 0. The van der Waals surface area contributed by atoms with Crippen LogP contribution in [0.2, 0.25) is 0 Å². The van der Waals surface area contributed by atoms with Gasteiger partial charge < -0.3 is 0 Å². The summed E-state index contributed by atoms with van der Waals surface area (Å²) in [5.41, 5.74) is 0. The predicted molar refractivity (Wildman–Crippen MR) is 52.3 cm³/mol. The number of rotatable bonds is 3. The molecule has 1 aliphatic rings. The molecule has 0 aromatic rings. The van der Waals surface area contributed by atoms with Crippen molar-refractivity contribution in [2.24, 2.45) is 5.92 Å². The molecule has 1 N–H and O–H groups in total. The van der Waals surface area contributed by atoms with E-state index in [0.29, 0.717) is 0 Å². The lowest BCUT2D eigenvalue weighted by atomic mass is 9.86. The molecule has 84 valence electrons. The number of halogens is 1. The summed E-state index contributed by atoms with van der Waals surface area (Å²) in [5.74, 6) is 0.0978. The molecular formula is C9H17FO3S. The third-order valence-electron chi connectivity index (χ3n) is 2.92. The van der Waals surface area contributed by atoms with E-state index in [1.807, 2.05) is 0 Å². The first-order valence-corrected chi connectivity index (χ1v) is 6.43. The van der Waals surface area contributed by atoms with E-state index in [-0.39, 0.29) is 12.3 Å². The maximum absolute atomic E-state index is 13.5. The van der Waals surface area contributed by atoms with Crippen LogP contribution in [0.15, 0.2) is 0 Å². The Labute approximate surface area is 84.4 Å². The van der Waals surface area contributed by atoms with Crippen LogP contribution in [0.1, 0.15) is 45.4 Å². The van der Waals surface area contributed by atoms with E-state index >= 15 is 0 Å². The SMILES string of the molecule is CC(F)(CC1CCCCC1)S(=O)(=O)O. The van der Waals surface area contributed by atoms with Gasteiger partial charge >= 0.3 is 0 Å². The molecule has 1 unspecified atom stereocenters. The third kappa shape index (κ3) is 2.92. The van der Waals surface area contributed by atoms with Crippen molar-refractivity contribution in [3.63, 3.8) is 0 Å². The highest BCUT2D eigenvalue weighted by molar-refractivity contribution is 7.87. The summed E-state index contributed by atoms with van der Waals surface area (Å²) in [6.45, 7) is 0.941. The Bertz CT molecular complexity index is 278. The second-order valence-corrected chi connectivity index (χ2v) is 6.09. The zero-order chi connectivity index (χ0) is 10.8. The lowest BCUT2D eigenvalue weighted by Crippen LogP contribution is -2.32. The Morgan fingerprint density at radius 3 is 2.29 bits per heavy atom. The van der Waals surface area contributed by atoms with E-state index in [1.54, 1.807) is 0 Å². The van der Waals surface area contributed by atoms with Crippen LogP contribution in [0.25, 0.3) is 0 Å². The topological polar surface area (TPSA) is 54.4 Å². The fourth-order valence-corrected chi connectivity index (χ4v) is 2.46. The van der Waals surface area contributed by atoms with Crippen LogP contribution in [0.3, 0.4) is 0 Å². The smallest absolute Gasteiger partial charge is 0.283 e. The van der Waals surface area contributed by atoms with E-state index in [0.717, 1.165) is 39.0 Å². The van der Waals surface area contributed by atoms with Crippen LogP contribution in [-0.2, 0) is 10.1 Å². The monoisotopic (exact) mass is 224 g/mol. The molecule has 0 radical (unpaired) electrons. The van der Waals surface area contributed by atoms with Gasteiger partial charge in [-0.3, -0.25) is 4.55 Å². The average molecular weight is 224 g/mol. The van der Waals surface area contributed by atoms with Crippen molar-refractivity contribution >= 4 is 10.1 Å². The van der Waals surface area contributed by atoms with Crippen LogP contribution >= 0.6 is 0 Å². The normalized spacial score (nSPS) is 24.5. The highest BCUT2D eigenvalue weighted by Gasteiger charge is 2.40. The second kappa shape index (κ2) is 4.14. The van der Waals surface area contributed by atoms with Crippen molar-refractivity contribution in [3.8, 4) is 0 Å². The standard InChI is InChI=1S/C9H17FO3S/c1-9(10,14(11,12)13)7-8-5-3-2-4-6-8/h8H,2-7H2,1H3,(H,11,12,13). The Hall–Kier alpha value is -0.160. The molecule has 0 heterocycles. The first-order chi connectivity index (χ1) is 6.33. The Balaban J connectivity index is 2.58. The maximum atomic E-state index is 13.5. The molecular weight excluding hydrogens is 207 g/mol. The lowest BCUT2D eigenvalue weighted by Gasteiger charge is -2.26. The minimum Gasteiger partial charge on any atom is -0.283 e. The van der Waals surface area contributed by atoms with Crippen LogP contribution in [0.4, 0.5) is 4.39 Å². The van der Waals surface area contributed by atoms with Gasteiger partial charge in [-0.2, -0.15) is 8.42 Å². The number of hydrogen-bond donors (Lipinski definition) is 1. The summed E-state index contributed by atoms with van der Waals surface area (Å²) in [5, 5.41) is -2.48. The minimum absolute atomic E-state index is 0.0775. The molecule has 5 heteroatoms. The molecule has 0 bridgehead atoms. The quantitative estimate of drug-likeness (QED) is 0.749. The molecule has 14 heavy (non-hydrogen) atoms. The molecule has 0 amide bonds. The molecule has 0 saturated heterocycles. The minimum atomic E-state index is -4.57. The molecule has 1 aliphatic carbocycles. The van der Waals surface area contributed by atoms with Crippen LogP contribution in [0, 0.1) is 5.92 Å². The highest BCUT2D eigenvalue weighted by atomic mass is 32.2. The third-order valence-corrected chi connectivity index (χ3v) is 4.16. The number of hydrogen-bond acceptors (Lipinski definition) is 2. The maximum Gasteiger partial charge on any atom is 0.300 e. The first kappa shape index (κ1) is 11.9. The van der Waals surface area contributed by atoms with Crippen molar-refractivity contribution in [3.05, 3.63) is 0 Å². The van der Waals surface area contributed by atoms with Gasteiger partial charge in [0.2, 0.25) is 5.00 Å². The van der Waals surface area contributed by atoms with Crippen molar-refractivity contribution in [1.82, 2.24) is 0 Å². The van der Waals surface area contributed by atoms with Crippen LogP contribution in [0.5, 0.6) is 0 Å². The summed E-state index contributed by atoms with van der Waals surface area (Å²) in [6, 6.07) is 0. The van der Waals surface area contributed by atoms with Crippen molar-refractivity contribution in [2.75, 3.05) is 0 Å². The molecule has 0 aromatic carbocycles. The van der Waals surface area contributed by atoms with Crippen molar-refractivity contribution in [1.29, 1.82) is 0 Å². The highest BCUT2D eigenvalue weighted by Crippen LogP contribution is 2.34. The lowest BCUT2D eigenvalue weighted by molar-refractivity contribution is 0.192. The second-order valence-electron chi connectivity index (χ2n) is 4.29. The van der Waals surface area contributed by atoms with Gasteiger partial charge in [0.1, 0.15) is 0 Å². The van der Waals surface area contributed by atoms with E-state index < -0.39 is 15.1 Å². The van der Waals surface area contributed by atoms with Crippen molar-refractivity contribution in [2.45, 2.75) is 50.4 Å². The van der Waals surface area contributed by atoms with Crippen LogP contribution in [-0.4, -0.2) is 18.0 Å². The molecule has 0 aromatic heterocycles.